The lowest BCUT2D eigenvalue weighted by Crippen LogP contribution is -2.14. The van der Waals surface area contributed by atoms with E-state index in [9.17, 15) is 9.59 Å². The second-order valence-electron chi connectivity index (χ2n) is 9.43. The number of aliphatic hydroxyl groups is 1. The summed E-state index contributed by atoms with van der Waals surface area (Å²) in [7, 11) is 0. The van der Waals surface area contributed by atoms with Crippen molar-refractivity contribution in [3.05, 3.63) is 109 Å². The van der Waals surface area contributed by atoms with E-state index in [0.717, 1.165) is 53.7 Å². The molecule has 7 heteroatoms. The van der Waals surface area contributed by atoms with Crippen molar-refractivity contribution in [2.75, 3.05) is 33.0 Å². The highest BCUT2D eigenvalue weighted by Gasteiger charge is 2.06. The summed E-state index contributed by atoms with van der Waals surface area (Å²) in [5, 5.41) is 8.86. The molecule has 0 unspecified atom stereocenters. The van der Waals surface area contributed by atoms with Crippen LogP contribution in [-0.4, -0.2) is 50.1 Å². The zero-order valence-electron chi connectivity index (χ0n) is 23.8. The van der Waals surface area contributed by atoms with Crippen molar-refractivity contribution in [1.82, 2.24) is 0 Å². The van der Waals surface area contributed by atoms with E-state index in [1.807, 2.05) is 42.5 Å². The maximum Gasteiger partial charge on any atom is 0.335 e. The van der Waals surface area contributed by atoms with E-state index in [-0.39, 0.29) is 24.8 Å². The molecule has 0 bridgehead atoms. The third-order valence-corrected chi connectivity index (χ3v) is 6.23. The molecule has 42 heavy (non-hydrogen) atoms. The summed E-state index contributed by atoms with van der Waals surface area (Å²) in [5.41, 5.74) is 4.38. The lowest BCUT2D eigenvalue weighted by Gasteiger charge is -2.08. The molecule has 0 aliphatic rings. The normalized spacial score (nSPS) is 10.7. The van der Waals surface area contributed by atoms with Crippen molar-refractivity contribution in [3.8, 4) is 22.6 Å². The van der Waals surface area contributed by atoms with Crippen molar-refractivity contribution in [3.63, 3.8) is 0 Å². The number of unbranched alkanes of at least 4 members (excludes halogenated alkanes) is 3. The fourth-order valence-corrected chi connectivity index (χ4v) is 3.84. The molecule has 0 amide bonds. The van der Waals surface area contributed by atoms with Crippen LogP contribution in [0.25, 0.3) is 23.3 Å². The molecular weight excluding hydrogens is 532 g/mol. The van der Waals surface area contributed by atoms with E-state index in [0.29, 0.717) is 19.0 Å². The summed E-state index contributed by atoms with van der Waals surface area (Å²) in [4.78, 5) is 22.4. The van der Waals surface area contributed by atoms with Crippen molar-refractivity contribution in [2.24, 2.45) is 0 Å². The number of esters is 2. The van der Waals surface area contributed by atoms with E-state index >= 15 is 0 Å². The van der Waals surface area contributed by atoms with Crippen molar-refractivity contribution in [2.45, 2.75) is 25.7 Å². The number of hydrogen-bond acceptors (Lipinski definition) is 7. The molecular formula is C35H38O7. The Morgan fingerprint density at radius 2 is 1.14 bits per heavy atom. The quantitative estimate of drug-likeness (QED) is 0.0791. The zero-order chi connectivity index (χ0) is 30.0. The molecule has 0 aliphatic carbocycles. The summed E-state index contributed by atoms with van der Waals surface area (Å²) in [5.74, 6) is 0.525. The average Bonchev–Trinajstić information content (AvgIpc) is 3.03. The molecule has 0 aliphatic heterocycles. The largest absolute Gasteiger partial charge is 0.494 e. The molecule has 0 heterocycles. The first-order chi connectivity index (χ1) is 20.5. The maximum atomic E-state index is 11.4. The van der Waals surface area contributed by atoms with Crippen LogP contribution in [0.15, 0.2) is 97.6 Å². The van der Waals surface area contributed by atoms with Crippen LogP contribution in [0.4, 0.5) is 0 Å². The molecule has 1 N–H and O–H groups in total. The number of carbonyl (C=O) groups excluding carboxylic acids is 2. The Labute approximate surface area is 247 Å². The van der Waals surface area contributed by atoms with Crippen LogP contribution in [-0.2, 0) is 19.1 Å². The van der Waals surface area contributed by atoms with Gasteiger partial charge in [-0.1, -0.05) is 73.8 Å². The van der Waals surface area contributed by atoms with Crippen LogP contribution in [0.1, 0.15) is 36.8 Å². The van der Waals surface area contributed by atoms with E-state index in [1.165, 1.54) is 6.08 Å². The highest BCUT2D eigenvalue weighted by molar-refractivity contribution is 5.87. The topological polar surface area (TPSA) is 91.3 Å². The number of rotatable bonds is 18. The van der Waals surface area contributed by atoms with Gasteiger partial charge in [-0.15, -0.1) is 0 Å². The van der Waals surface area contributed by atoms with Gasteiger partial charge in [0.2, 0.25) is 0 Å². The Morgan fingerprint density at radius 3 is 1.71 bits per heavy atom. The van der Waals surface area contributed by atoms with Gasteiger partial charge in [0, 0.05) is 6.08 Å². The van der Waals surface area contributed by atoms with Gasteiger partial charge in [-0.25, -0.2) is 9.59 Å². The van der Waals surface area contributed by atoms with Gasteiger partial charge in [0.25, 0.3) is 0 Å². The molecule has 7 nitrogen and oxygen atoms in total. The van der Waals surface area contributed by atoms with Gasteiger partial charge in [-0.2, -0.15) is 0 Å². The van der Waals surface area contributed by atoms with Gasteiger partial charge in [0.1, 0.15) is 24.7 Å². The third kappa shape index (κ3) is 11.5. The molecule has 3 aromatic carbocycles. The molecule has 0 radical (unpaired) electrons. The second-order valence-corrected chi connectivity index (χ2v) is 9.43. The zero-order valence-corrected chi connectivity index (χ0v) is 23.8. The number of aliphatic hydroxyl groups excluding tert-OH is 1. The van der Waals surface area contributed by atoms with E-state index < -0.39 is 12.6 Å². The first-order valence-corrected chi connectivity index (χ1v) is 14.0. The Balaban J connectivity index is 1.37. The Bertz CT molecular complexity index is 1310. The van der Waals surface area contributed by atoms with Gasteiger partial charge in [0.05, 0.1) is 25.4 Å². The lowest BCUT2D eigenvalue weighted by atomic mass is 10.0. The molecule has 0 saturated carbocycles. The second kappa shape index (κ2) is 17.9. The predicted molar refractivity (Wildman–Crippen MR) is 165 cm³/mol. The number of hydrogen-bond donors (Lipinski definition) is 1. The Morgan fingerprint density at radius 1 is 0.643 bits per heavy atom. The monoisotopic (exact) mass is 570 g/mol. The van der Waals surface area contributed by atoms with Crippen LogP contribution < -0.4 is 9.47 Å². The van der Waals surface area contributed by atoms with Crippen molar-refractivity contribution < 1.29 is 33.6 Å². The van der Waals surface area contributed by atoms with E-state index in [2.05, 4.69) is 55.6 Å². The summed E-state index contributed by atoms with van der Waals surface area (Å²) in [6, 6.07) is 24.1. The van der Waals surface area contributed by atoms with Crippen molar-refractivity contribution >= 4 is 24.1 Å². The molecule has 0 atom stereocenters. The molecule has 220 valence electrons. The van der Waals surface area contributed by atoms with Crippen LogP contribution in [0.5, 0.6) is 11.5 Å². The molecule has 0 fully saturated rings. The molecule has 0 aromatic heterocycles. The van der Waals surface area contributed by atoms with E-state index in [4.69, 9.17) is 24.1 Å². The minimum atomic E-state index is -0.625. The highest BCUT2D eigenvalue weighted by Crippen LogP contribution is 2.24. The number of carbonyl (C=O) groups is 2. The summed E-state index contributed by atoms with van der Waals surface area (Å²) in [6.07, 6.45) is 9.08. The Hall–Kier alpha value is -4.62. The third-order valence-electron chi connectivity index (χ3n) is 6.23. The summed E-state index contributed by atoms with van der Waals surface area (Å²) >= 11 is 0. The van der Waals surface area contributed by atoms with Crippen LogP contribution in [0.3, 0.4) is 0 Å². The van der Waals surface area contributed by atoms with Gasteiger partial charge in [-0.05, 0) is 72.2 Å². The maximum absolute atomic E-state index is 11.4. The average molecular weight is 571 g/mol. The fourth-order valence-electron chi connectivity index (χ4n) is 3.84. The summed E-state index contributed by atoms with van der Waals surface area (Å²) < 4.78 is 21.4. The minimum Gasteiger partial charge on any atom is -0.494 e. The predicted octanol–water partition coefficient (Wildman–Crippen LogP) is 6.66. The van der Waals surface area contributed by atoms with Gasteiger partial charge in [-0.3, -0.25) is 0 Å². The van der Waals surface area contributed by atoms with Crippen LogP contribution in [0, 0.1) is 0 Å². The van der Waals surface area contributed by atoms with Crippen LogP contribution in [0.2, 0.25) is 0 Å². The first-order valence-electron chi connectivity index (χ1n) is 14.0. The highest BCUT2D eigenvalue weighted by atomic mass is 16.6. The Kier molecular flexibility index (Phi) is 13.6. The van der Waals surface area contributed by atoms with Gasteiger partial charge >= 0.3 is 11.9 Å². The SMILES string of the molecule is C=CC(=O)OCCCCCCOc1ccc(-c2ccc(/C=C/c3ccc(OCCOC(=O)C(=C)CO)cc3)cc2)cc1. The lowest BCUT2D eigenvalue weighted by molar-refractivity contribution is -0.140. The molecule has 0 spiro atoms. The first kappa shape index (κ1) is 31.9. The molecule has 0 saturated heterocycles. The number of ether oxygens (including phenoxy) is 4. The molecule has 3 rings (SSSR count). The van der Waals surface area contributed by atoms with Gasteiger partial charge < -0.3 is 24.1 Å². The van der Waals surface area contributed by atoms with E-state index in [1.54, 1.807) is 0 Å². The summed E-state index contributed by atoms with van der Waals surface area (Å²) in [6.45, 7) is 7.75. The fraction of sp³-hybridized carbons (Fsp3) is 0.257. The number of benzene rings is 3. The van der Waals surface area contributed by atoms with Gasteiger partial charge in [0.15, 0.2) is 0 Å². The minimum absolute atomic E-state index is 0.0169. The van der Waals surface area contributed by atoms with Crippen LogP contribution >= 0.6 is 0 Å². The molecule has 3 aromatic rings. The standard InChI is InChI=1S/C35H38O7/c1-3-34(37)41-23-7-5-4-6-22-39-33-20-16-31(17-21-33)30-14-10-28(11-15-30)8-9-29-12-18-32(19-13-29)40-24-25-42-35(38)27(2)26-36/h3,8-21,36H,1-2,4-7,22-26H2/b9-8+. The van der Waals surface area contributed by atoms with Crippen molar-refractivity contribution in [1.29, 1.82) is 0 Å². The smallest absolute Gasteiger partial charge is 0.335 e.